The zero-order valence-electron chi connectivity index (χ0n) is 17.6. The average Bonchev–Trinajstić information content (AvgIpc) is 3.04. The molecular formula is C18H32N4O5S. The molecule has 0 amide bonds. The number of nitrogens with zero attached hydrogens (tertiary/aromatic N) is 3. The van der Waals surface area contributed by atoms with Crippen LogP contribution in [0.2, 0.25) is 0 Å². The van der Waals surface area contributed by atoms with Gasteiger partial charge in [-0.3, -0.25) is 0 Å². The van der Waals surface area contributed by atoms with Gasteiger partial charge in [0.05, 0.1) is 24.9 Å². The lowest BCUT2D eigenvalue weighted by molar-refractivity contribution is -0.0362. The fourth-order valence-corrected chi connectivity index (χ4v) is 2.89. The first kappa shape index (κ1) is 22.6. The molecule has 0 radical (unpaired) electrons. The summed E-state index contributed by atoms with van der Waals surface area (Å²) < 4.78 is 30.6. The summed E-state index contributed by atoms with van der Waals surface area (Å²) in [7, 11) is 0. The molecule has 0 spiro atoms. The molecule has 2 heterocycles. The number of morpholine rings is 1. The summed E-state index contributed by atoms with van der Waals surface area (Å²) in [6.45, 7) is 14.9. The summed E-state index contributed by atoms with van der Waals surface area (Å²) in [4.78, 5) is 14.2. The molecule has 1 aromatic rings. The second-order valence-electron chi connectivity index (χ2n) is 8.64. The molecule has 10 heteroatoms. The quantitative estimate of drug-likeness (QED) is 0.673. The molecule has 0 saturated carbocycles. The van der Waals surface area contributed by atoms with Gasteiger partial charge in [0.15, 0.2) is 6.10 Å². The third-order valence-electron chi connectivity index (χ3n) is 3.67. The molecule has 1 aliphatic rings. The SMILES string of the molecule is CC(C)(C)NC[C@@H](COc1nsnc1N1CCOCC1)OC(=O)OC(C)(C)C. The van der Waals surface area contributed by atoms with Crippen molar-refractivity contribution in [3.05, 3.63) is 0 Å². The van der Waals surface area contributed by atoms with Gasteiger partial charge in [0.1, 0.15) is 12.2 Å². The smallest absolute Gasteiger partial charge is 0.470 e. The Balaban J connectivity index is 1.97. The Labute approximate surface area is 171 Å². The first-order chi connectivity index (χ1) is 13.0. The Morgan fingerprint density at radius 1 is 1.21 bits per heavy atom. The second kappa shape index (κ2) is 9.71. The highest BCUT2D eigenvalue weighted by Crippen LogP contribution is 2.26. The molecule has 1 N–H and O–H groups in total. The molecule has 9 nitrogen and oxygen atoms in total. The van der Waals surface area contributed by atoms with E-state index in [0.717, 1.165) is 24.8 Å². The highest BCUT2D eigenvalue weighted by Gasteiger charge is 2.25. The predicted octanol–water partition coefficient (Wildman–Crippen LogP) is 2.46. The van der Waals surface area contributed by atoms with Crippen LogP contribution in [-0.4, -0.2) is 71.6 Å². The van der Waals surface area contributed by atoms with Crippen molar-refractivity contribution in [2.45, 2.75) is 58.8 Å². The van der Waals surface area contributed by atoms with Crippen molar-refractivity contribution < 1.29 is 23.7 Å². The Hall–Kier alpha value is -1.65. The number of hydrogen-bond acceptors (Lipinski definition) is 10. The fourth-order valence-electron chi connectivity index (χ4n) is 2.37. The molecule has 1 saturated heterocycles. The van der Waals surface area contributed by atoms with E-state index < -0.39 is 17.9 Å². The van der Waals surface area contributed by atoms with Crippen LogP contribution in [0.4, 0.5) is 10.6 Å². The van der Waals surface area contributed by atoms with E-state index in [1.54, 1.807) is 20.8 Å². The summed E-state index contributed by atoms with van der Waals surface area (Å²) in [5.74, 6) is 1.15. The molecular weight excluding hydrogens is 384 g/mol. The first-order valence-corrected chi connectivity index (χ1v) is 10.2. The zero-order chi connectivity index (χ0) is 20.8. The molecule has 0 aliphatic carbocycles. The number of rotatable bonds is 7. The maximum Gasteiger partial charge on any atom is 0.509 e. The lowest BCUT2D eigenvalue weighted by Crippen LogP contribution is -2.44. The maximum atomic E-state index is 12.1. The van der Waals surface area contributed by atoms with Crippen LogP contribution in [0.25, 0.3) is 0 Å². The van der Waals surface area contributed by atoms with Crippen molar-refractivity contribution in [1.29, 1.82) is 0 Å². The van der Waals surface area contributed by atoms with Gasteiger partial charge >= 0.3 is 6.16 Å². The van der Waals surface area contributed by atoms with E-state index in [1.165, 1.54) is 0 Å². The lowest BCUT2D eigenvalue weighted by Gasteiger charge is -2.28. The molecule has 1 aliphatic heterocycles. The predicted molar refractivity (Wildman–Crippen MR) is 107 cm³/mol. The average molecular weight is 417 g/mol. The summed E-state index contributed by atoms with van der Waals surface area (Å²) in [6.07, 6.45) is -1.25. The van der Waals surface area contributed by atoms with Crippen molar-refractivity contribution in [3.8, 4) is 5.88 Å². The van der Waals surface area contributed by atoms with E-state index in [4.69, 9.17) is 18.9 Å². The van der Waals surface area contributed by atoms with Crippen molar-refractivity contribution in [1.82, 2.24) is 14.1 Å². The van der Waals surface area contributed by atoms with E-state index in [9.17, 15) is 4.79 Å². The van der Waals surface area contributed by atoms with E-state index in [0.29, 0.717) is 31.5 Å². The van der Waals surface area contributed by atoms with Crippen LogP contribution < -0.4 is 15.0 Å². The van der Waals surface area contributed by atoms with Crippen LogP contribution in [0, 0.1) is 0 Å². The van der Waals surface area contributed by atoms with Gasteiger partial charge in [0, 0.05) is 25.2 Å². The van der Waals surface area contributed by atoms with E-state index in [2.05, 4.69) is 19.0 Å². The molecule has 1 aromatic heterocycles. The summed E-state index contributed by atoms with van der Waals surface area (Å²) in [6, 6.07) is 0. The van der Waals surface area contributed by atoms with E-state index in [-0.39, 0.29) is 12.1 Å². The van der Waals surface area contributed by atoms with Gasteiger partial charge < -0.3 is 29.2 Å². The van der Waals surface area contributed by atoms with Gasteiger partial charge in [-0.25, -0.2) is 4.79 Å². The minimum atomic E-state index is -0.721. The van der Waals surface area contributed by atoms with Gasteiger partial charge in [-0.15, -0.1) is 4.37 Å². The van der Waals surface area contributed by atoms with Crippen LogP contribution in [0.3, 0.4) is 0 Å². The van der Waals surface area contributed by atoms with Gasteiger partial charge in [-0.2, -0.15) is 4.37 Å². The summed E-state index contributed by atoms with van der Waals surface area (Å²) >= 11 is 1.10. The molecule has 28 heavy (non-hydrogen) atoms. The third-order valence-corrected chi connectivity index (χ3v) is 4.17. The van der Waals surface area contributed by atoms with Crippen molar-refractivity contribution in [2.75, 3.05) is 44.4 Å². The number of anilines is 1. The number of carbonyl (C=O) groups excluding carboxylic acids is 1. The highest BCUT2D eigenvalue weighted by molar-refractivity contribution is 6.99. The van der Waals surface area contributed by atoms with E-state index >= 15 is 0 Å². The first-order valence-electron chi connectivity index (χ1n) is 9.46. The lowest BCUT2D eigenvalue weighted by atomic mass is 10.1. The Morgan fingerprint density at radius 3 is 2.50 bits per heavy atom. The fraction of sp³-hybridized carbons (Fsp3) is 0.833. The molecule has 0 bridgehead atoms. The largest absolute Gasteiger partial charge is 0.509 e. The second-order valence-corrected chi connectivity index (χ2v) is 9.17. The molecule has 1 atom stereocenters. The Bertz CT molecular complexity index is 620. The Morgan fingerprint density at radius 2 is 1.89 bits per heavy atom. The van der Waals surface area contributed by atoms with Crippen LogP contribution in [0.15, 0.2) is 0 Å². The highest BCUT2D eigenvalue weighted by atomic mass is 32.1. The number of hydrogen-bond donors (Lipinski definition) is 1. The normalized spacial score (nSPS) is 16.6. The van der Waals surface area contributed by atoms with Crippen LogP contribution >= 0.6 is 11.7 Å². The van der Waals surface area contributed by atoms with Crippen LogP contribution in [0.1, 0.15) is 41.5 Å². The third kappa shape index (κ3) is 8.15. The number of carbonyl (C=O) groups is 1. The van der Waals surface area contributed by atoms with Gasteiger partial charge in [0.2, 0.25) is 5.82 Å². The van der Waals surface area contributed by atoms with Crippen LogP contribution in [0.5, 0.6) is 5.88 Å². The van der Waals surface area contributed by atoms with E-state index in [1.807, 2.05) is 20.8 Å². The minimum Gasteiger partial charge on any atom is -0.470 e. The Kier molecular flexibility index (Phi) is 7.85. The zero-order valence-corrected chi connectivity index (χ0v) is 18.4. The molecule has 0 aromatic carbocycles. The molecule has 1 fully saturated rings. The van der Waals surface area contributed by atoms with Gasteiger partial charge in [0.25, 0.3) is 5.88 Å². The van der Waals surface area contributed by atoms with Crippen molar-refractivity contribution >= 4 is 23.7 Å². The van der Waals surface area contributed by atoms with Gasteiger partial charge in [-0.1, -0.05) is 0 Å². The standard InChI is InChI=1S/C18H32N4O5S/c1-17(2,3)19-11-13(26-16(23)27-18(4,5)6)12-25-15-14(20-28-21-15)22-7-9-24-10-8-22/h13,19H,7-12H2,1-6H3/t13-/m0/s1. The molecule has 0 unspecified atom stereocenters. The van der Waals surface area contributed by atoms with Gasteiger partial charge in [-0.05, 0) is 41.5 Å². The number of ether oxygens (including phenoxy) is 4. The topological polar surface area (TPSA) is 95.0 Å². The van der Waals surface area contributed by atoms with Crippen molar-refractivity contribution in [2.24, 2.45) is 0 Å². The molecule has 160 valence electrons. The maximum absolute atomic E-state index is 12.1. The number of nitrogens with one attached hydrogen (secondary N) is 1. The van der Waals surface area contributed by atoms with Crippen molar-refractivity contribution in [3.63, 3.8) is 0 Å². The number of aromatic nitrogens is 2. The monoisotopic (exact) mass is 416 g/mol. The summed E-state index contributed by atoms with van der Waals surface area (Å²) in [5, 5.41) is 3.33. The minimum absolute atomic E-state index is 0.128. The van der Waals surface area contributed by atoms with Crippen LogP contribution in [-0.2, 0) is 14.2 Å². The molecule has 2 rings (SSSR count). The summed E-state index contributed by atoms with van der Waals surface area (Å²) in [5.41, 5.74) is -0.751.